The van der Waals surface area contributed by atoms with Crippen LogP contribution in [-0.4, -0.2) is 23.8 Å². The van der Waals surface area contributed by atoms with E-state index in [9.17, 15) is 13.2 Å². The predicted molar refractivity (Wildman–Crippen MR) is 114 cm³/mol. The number of methoxy groups -OCH3 is 2. The molecule has 5 nitrogen and oxygen atoms in total. The second-order valence-corrected chi connectivity index (χ2v) is 6.95. The van der Waals surface area contributed by atoms with Crippen LogP contribution in [0.2, 0.25) is 0 Å². The molecule has 0 amide bonds. The Hall–Kier alpha value is -3.68. The number of benzene rings is 2. The molecule has 2 aromatic heterocycles. The highest BCUT2D eigenvalue weighted by molar-refractivity contribution is 5.96. The smallest absolute Gasteiger partial charge is 0.416 e. The molecule has 8 heteroatoms. The summed E-state index contributed by atoms with van der Waals surface area (Å²) in [5.41, 5.74) is 1.96. The second kappa shape index (κ2) is 7.86. The number of ether oxygens (including phenoxy) is 2. The van der Waals surface area contributed by atoms with Crippen LogP contribution in [-0.2, 0) is 13.2 Å². The van der Waals surface area contributed by atoms with Crippen LogP contribution in [0.1, 0.15) is 5.56 Å². The maximum atomic E-state index is 13.2. The van der Waals surface area contributed by atoms with Gasteiger partial charge in [-0.2, -0.15) is 13.2 Å². The minimum absolute atomic E-state index is 0.474. The number of nitrogens with zero attached hydrogens (tertiary/aromatic N) is 2. The monoisotopic (exact) mass is 427 g/mol. The first-order valence-electron chi connectivity index (χ1n) is 9.43. The maximum absolute atomic E-state index is 13.2. The van der Waals surface area contributed by atoms with Crippen LogP contribution >= 0.6 is 0 Å². The minimum atomic E-state index is -4.40. The summed E-state index contributed by atoms with van der Waals surface area (Å²) in [5, 5.41) is 4.03. The average Bonchev–Trinajstić information content (AvgIpc) is 3.11. The topological polar surface area (TPSA) is 48.3 Å². The molecule has 0 unspecified atom stereocenters. The van der Waals surface area contributed by atoms with Crippen molar-refractivity contribution in [3.63, 3.8) is 0 Å². The summed E-state index contributed by atoms with van der Waals surface area (Å²) in [6, 6.07) is 14.3. The van der Waals surface area contributed by atoms with Gasteiger partial charge in [0.2, 0.25) is 0 Å². The van der Waals surface area contributed by atoms with E-state index >= 15 is 0 Å². The van der Waals surface area contributed by atoms with Crippen LogP contribution in [0.25, 0.3) is 22.2 Å². The Labute approximate surface area is 177 Å². The van der Waals surface area contributed by atoms with E-state index in [-0.39, 0.29) is 0 Å². The van der Waals surface area contributed by atoms with E-state index in [1.807, 2.05) is 29.8 Å². The number of fused-ring (bicyclic) bond motifs is 1. The third kappa shape index (κ3) is 3.88. The molecule has 4 rings (SSSR count). The van der Waals surface area contributed by atoms with E-state index in [1.54, 1.807) is 38.6 Å². The van der Waals surface area contributed by atoms with E-state index in [0.29, 0.717) is 34.3 Å². The van der Waals surface area contributed by atoms with Gasteiger partial charge in [0.25, 0.3) is 0 Å². The lowest BCUT2D eigenvalue weighted by atomic mass is 10.1. The summed E-state index contributed by atoms with van der Waals surface area (Å²) >= 11 is 0. The number of halogens is 3. The second-order valence-electron chi connectivity index (χ2n) is 6.95. The number of aromatic nitrogens is 2. The Balaban J connectivity index is 1.79. The Bertz CT molecular complexity index is 1250. The molecule has 0 aliphatic heterocycles. The number of pyridine rings is 1. The third-order valence-corrected chi connectivity index (χ3v) is 5.12. The first kappa shape index (κ1) is 20.6. The van der Waals surface area contributed by atoms with Gasteiger partial charge < -0.3 is 19.4 Å². The van der Waals surface area contributed by atoms with Crippen molar-refractivity contribution in [1.29, 1.82) is 0 Å². The summed E-state index contributed by atoms with van der Waals surface area (Å²) in [7, 11) is 4.95. The predicted octanol–water partition coefficient (Wildman–Crippen LogP) is 6.02. The van der Waals surface area contributed by atoms with Crippen LogP contribution in [0.4, 0.5) is 24.7 Å². The number of aryl methyl sites for hydroxylation is 1. The Morgan fingerprint density at radius 3 is 2.48 bits per heavy atom. The van der Waals surface area contributed by atoms with Crippen LogP contribution in [0.15, 0.2) is 60.8 Å². The molecule has 0 aliphatic rings. The quantitative estimate of drug-likeness (QED) is 0.423. The molecule has 0 atom stereocenters. The fourth-order valence-corrected chi connectivity index (χ4v) is 3.52. The van der Waals surface area contributed by atoms with Gasteiger partial charge in [0.1, 0.15) is 17.3 Å². The molecular formula is C23H20F3N3O2. The zero-order chi connectivity index (χ0) is 22.2. The Morgan fingerprint density at radius 1 is 0.968 bits per heavy atom. The van der Waals surface area contributed by atoms with Gasteiger partial charge >= 0.3 is 6.18 Å². The van der Waals surface area contributed by atoms with Crippen LogP contribution < -0.4 is 14.8 Å². The highest BCUT2D eigenvalue weighted by Crippen LogP contribution is 2.37. The lowest BCUT2D eigenvalue weighted by Crippen LogP contribution is -2.04. The van der Waals surface area contributed by atoms with Gasteiger partial charge in [-0.25, -0.2) is 4.98 Å². The summed E-state index contributed by atoms with van der Waals surface area (Å²) < 4.78 is 52.0. The SMILES string of the molecule is COc1ccc(Nc2nccc3c2cc(-c2cccc(C(F)(F)F)c2)n3C)c(OC)c1. The summed E-state index contributed by atoms with van der Waals surface area (Å²) in [5.74, 6) is 1.79. The van der Waals surface area contributed by atoms with Gasteiger partial charge in [-0.15, -0.1) is 0 Å². The van der Waals surface area contributed by atoms with Crippen molar-refractivity contribution < 1.29 is 22.6 Å². The summed E-state index contributed by atoms with van der Waals surface area (Å²) in [6.07, 6.45) is -2.75. The van der Waals surface area contributed by atoms with Crippen LogP contribution in [0.3, 0.4) is 0 Å². The van der Waals surface area contributed by atoms with E-state index in [2.05, 4.69) is 10.3 Å². The molecule has 1 N–H and O–H groups in total. The largest absolute Gasteiger partial charge is 0.497 e. The van der Waals surface area contributed by atoms with Crippen LogP contribution in [0, 0.1) is 0 Å². The highest BCUT2D eigenvalue weighted by Gasteiger charge is 2.30. The zero-order valence-electron chi connectivity index (χ0n) is 17.1. The first-order chi connectivity index (χ1) is 14.8. The molecule has 2 heterocycles. The molecule has 0 radical (unpaired) electrons. The molecular weight excluding hydrogens is 407 g/mol. The molecule has 0 aliphatic carbocycles. The van der Waals surface area contributed by atoms with Gasteiger partial charge in [0, 0.05) is 30.4 Å². The van der Waals surface area contributed by atoms with Crippen molar-refractivity contribution in [2.45, 2.75) is 6.18 Å². The van der Waals surface area contributed by atoms with E-state index < -0.39 is 11.7 Å². The molecule has 0 saturated heterocycles. The minimum Gasteiger partial charge on any atom is -0.497 e. The fourth-order valence-electron chi connectivity index (χ4n) is 3.52. The van der Waals surface area contributed by atoms with E-state index in [4.69, 9.17) is 9.47 Å². The normalized spacial score (nSPS) is 11.5. The third-order valence-electron chi connectivity index (χ3n) is 5.12. The number of nitrogens with one attached hydrogen (secondary N) is 1. The number of rotatable bonds is 5. The lowest BCUT2D eigenvalue weighted by Gasteiger charge is -2.12. The standard InChI is InChI=1S/C23H20F3N3O2/c1-29-19-9-10-27-22(28-18-8-7-16(30-2)12-21(18)31-3)17(19)13-20(29)14-5-4-6-15(11-14)23(24,25)26/h4-13H,1-3H3,(H,27,28). The van der Waals surface area contributed by atoms with Crippen LogP contribution in [0.5, 0.6) is 11.5 Å². The van der Waals surface area contributed by atoms with Gasteiger partial charge in [-0.3, -0.25) is 0 Å². The summed E-state index contributed by atoms with van der Waals surface area (Å²) in [6.45, 7) is 0. The van der Waals surface area contributed by atoms with Gasteiger partial charge in [-0.05, 0) is 42.0 Å². The maximum Gasteiger partial charge on any atom is 0.416 e. The molecule has 0 bridgehead atoms. The first-order valence-corrected chi connectivity index (χ1v) is 9.43. The number of alkyl halides is 3. The van der Waals surface area contributed by atoms with Crippen molar-refractivity contribution in [2.75, 3.05) is 19.5 Å². The van der Waals surface area contributed by atoms with Gasteiger partial charge in [-0.1, -0.05) is 12.1 Å². The Kier molecular flexibility index (Phi) is 5.22. The average molecular weight is 427 g/mol. The van der Waals surface area contributed by atoms with Gasteiger partial charge in [0.05, 0.1) is 31.0 Å². The number of hydrogen-bond acceptors (Lipinski definition) is 4. The van der Waals surface area contributed by atoms with E-state index in [1.165, 1.54) is 6.07 Å². The molecule has 0 spiro atoms. The molecule has 2 aromatic carbocycles. The van der Waals surface area contributed by atoms with Gasteiger partial charge in [0.15, 0.2) is 0 Å². The molecule has 0 saturated carbocycles. The number of hydrogen-bond donors (Lipinski definition) is 1. The Morgan fingerprint density at radius 2 is 1.77 bits per heavy atom. The van der Waals surface area contributed by atoms with Crippen molar-refractivity contribution in [3.05, 3.63) is 66.4 Å². The van der Waals surface area contributed by atoms with E-state index in [0.717, 1.165) is 23.0 Å². The lowest BCUT2D eigenvalue weighted by molar-refractivity contribution is -0.137. The fraction of sp³-hybridized carbons (Fsp3) is 0.174. The molecule has 160 valence electrons. The summed E-state index contributed by atoms with van der Waals surface area (Å²) in [4.78, 5) is 4.43. The van der Waals surface area contributed by atoms with Crippen molar-refractivity contribution in [2.24, 2.45) is 7.05 Å². The zero-order valence-corrected chi connectivity index (χ0v) is 17.1. The van der Waals surface area contributed by atoms with Crippen molar-refractivity contribution in [1.82, 2.24) is 9.55 Å². The molecule has 0 fully saturated rings. The highest BCUT2D eigenvalue weighted by atomic mass is 19.4. The molecule has 4 aromatic rings. The number of anilines is 2. The molecule has 31 heavy (non-hydrogen) atoms. The van der Waals surface area contributed by atoms with Crippen molar-refractivity contribution >= 4 is 22.4 Å². The van der Waals surface area contributed by atoms with Crippen molar-refractivity contribution in [3.8, 4) is 22.8 Å².